The minimum absolute atomic E-state index is 0.0947. The molecular formula is C35H35ClF3N3O4S. The molecular weight excluding hydrogens is 651 g/mol. The molecule has 1 N–H and O–H groups in total. The van der Waals surface area contributed by atoms with Crippen molar-refractivity contribution < 1.29 is 31.2 Å². The Bertz CT molecular complexity index is 1760. The van der Waals surface area contributed by atoms with E-state index in [1.54, 1.807) is 42.5 Å². The number of halogens is 4. The lowest BCUT2D eigenvalue weighted by Gasteiger charge is -2.34. The first-order chi connectivity index (χ1) is 22.3. The average Bonchev–Trinajstić information content (AvgIpc) is 3.06. The predicted molar refractivity (Wildman–Crippen MR) is 176 cm³/mol. The minimum atomic E-state index is -4.77. The molecule has 4 rings (SSSR count). The molecule has 2 amide bonds. The van der Waals surface area contributed by atoms with Gasteiger partial charge in [-0.3, -0.25) is 13.9 Å². The summed E-state index contributed by atoms with van der Waals surface area (Å²) in [5.74, 6) is -1.25. The van der Waals surface area contributed by atoms with Crippen molar-refractivity contribution in [2.45, 2.75) is 56.4 Å². The highest BCUT2D eigenvalue weighted by Gasteiger charge is 2.36. The van der Waals surface area contributed by atoms with Gasteiger partial charge in [0.2, 0.25) is 11.8 Å². The Labute approximate surface area is 278 Å². The van der Waals surface area contributed by atoms with Crippen LogP contribution in [-0.4, -0.2) is 43.8 Å². The molecule has 4 aromatic carbocycles. The Morgan fingerprint density at radius 3 is 2.06 bits per heavy atom. The van der Waals surface area contributed by atoms with Crippen molar-refractivity contribution in [2.24, 2.45) is 0 Å². The van der Waals surface area contributed by atoms with Gasteiger partial charge in [-0.25, -0.2) is 8.42 Å². The number of nitrogens with zero attached hydrogens (tertiary/aromatic N) is 2. The fourth-order valence-electron chi connectivity index (χ4n) is 4.87. The van der Waals surface area contributed by atoms with Crippen LogP contribution in [-0.2, 0) is 38.8 Å². The van der Waals surface area contributed by atoms with Gasteiger partial charge in [-0.05, 0) is 66.9 Å². The van der Waals surface area contributed by atoms with E-state index in [1.807, 2.05) is 32.0 Å². The van der Waals surface area contributed by atoms with Crippen molar-refractivity contribution in [3.8, 4) is 0 Å². The Morgan fingerprint density at radius 2 is 1.47 bits per heavy atom. The van der Waals surface area contributed by atoms with E-state index in [4.69, 9.17) is 11.6 Å². The maximum absolute atomic E-state index is 14.4. The van der Waals surface area contributed by atoms with Gasteiger partial charge in [0.25, 0.3) is 10.0 Å². The largest absolute Gasteiger partial charge is 0.416 e. The Hall–Kier alpha value is -4.35. The number of nitrogens with one attached hydrogen (secondary N) is 1. The highest BCUT2D eigenvalue weighted by Crippen LogP contribution is 2.33. The van der Waals surface area contributed by atoms with Crippen molar-refractivity contribution in [1.29, 1.82) is 0 Å². The van der Waals surface area contributed by atoms with Gasteiger partial charge in [-0.15, -0.1) is 0 Å². The molecule has 0 aliphatic rings. The molecule has 4 aromatic rings. The number of benzene rings is 4. The molecule has 0 aliphatic carbocycles. The van der Waals surface area contributed by atoms with Crippen LogP contribution in [0.25, 0.3) is 0 Å². The highest BCUT2D eigenvalue weighted by atomic mass is 35.5. The predicted octanol–water partition coefficient (Wildman–Crippen LogP) is 7.11. The van der Waals surface area contributed by atoms with Gasteiger partial charge < -0.3 is 10.2 Å². The number of sulfonamides is 1. The molecule has 0 unspecified atom stereocenters. The van der Waals surface area contributed by atoms with E-state index in [1.165, 1.54) is 35.2 Å². The van der Waals surface area contributed by atoms with Crippen molar-refractivity contribution in [2.75, 3.05) is 10.8 Å². The van der Waals surface area contributed by atoms with Crippen molar-refractivity contribution in [3.63, 3.8) is 0 Å². The quantitative estimate of drug-likeness (QED) is 0.163. The molecule has 248 valence electrons. The zero-order chi connectivity index (χ0) is 34.2. The lowest BCUT2D eigenvalue weighted by atomic mass is 10.0. The number of rotatable bonds is 13. The van der Waals surface area contributed by atoms with Crippen LogP contribution in [0, 0.1) is 0 Å². The molecule has 7 nitrogen and oxygen atoms in total. The molecule has 0 spiro atoms. The van der Waals surface area contributed by atoms with Crippen LogP contribution in [0.15, 0.2) is 114 Å². The SMILES string of the molecule is CC[C@H](C)NC(=O)[C@H](Cc1ccccc1)N(Cc1ccc(Cl)cc1)C(=O)CN(c1cccc(C(F)(F)F)c1)S(=O)(=O)c1ccccc1. The molecule has 0 radical (unpaired) electrons. The van der Waals surface area contributed by atoms with E-state index in [0.29, 0.717) is 27.4 Å². The number of carbonyl (C=O) groups excluding carboxylic acids is 2. The third-order valence-electron chi connectivity index (χ3n) is 7.61. The molecule has 2 atom stereocenters. The molecule has 47 heavy (non-hydrogen) atoms. The van der Waals surface area contributed by atoms with E-state index < -0.39 is 46.2 Å². The monoisotopic (exact) mass is 685 g/mol. The summed E-state index contributed by atoms with van der Waals surface area (Å²) in [6.45, 7) is 2.73. The Kier molecular flexibility index (Phi) is 11.7. The summed E-state index contributed by atoms with van der Waals surface area (Å²) in [6.07, 6.45) is -4.05. The summed E-state index contributed by atoms with van der Waals surface area (Å²) in [5.41, 5.74) is -0.0817. The molecule has 0 aromatic heterocycles. The van der Waals surface area contributed by atoms with Crippen LogP contribution >= 0.6 is 11.6 Å². The summed E-state index contributed by atoms with van der Waals surface area (Å²) in [5, 5.41) is 3.39. The van der Waals surface area contributed by atoms with E-state index in [0.717, 1.165) is 17.7 Å². The first-order valence-electron chi connectivity index (χ1n) is 14.9. The van der Waals surface area contributed by atoms with Crippen LogP contribution in [0.3, 0.4) is 0 Å². The highest BCUT2D eigenvalue weighted by molar-refractivity contribution is 7.92. The minimum Gasteiger partial charge on any atom is -0.352 e. The fraction of sp³-hybridized carbons (Fsp3) is 0.257. The molecule has 0 saturated carbocycles. The smallest absolute Gasteiger partial charge is 0.352 e. The summed E-state index contributed by atoms with van der Waals surface area (Å²) >= 11 is 6.10. The van der Waals surface area contributed by atoms with Gasteiger partial charge in [0.1, 0.15) is 12.6 Å². The van der Waals surface area contributed by atoms with Gasteiger partial charge in [0.05, 0.1) is 16.1 Å². The molecule has 0 bridgehead atoms. The third kappa shape index (κ3) is 9.36. The normalized spacial score (nSPS) is 13.0. The first kappa shape index (κ1) is 35.5. The van der Waals surface area contributed by atoms with Crippen molar-refractivity contribution in [3.05, 3.63) is 131 Å². The van der Waals surface area contributed by atoms with Crippen LogP contribution in [0.4, 0.5) is 18.9 Å². The van der Waals surface area contributed by atoms with Gasteiger partial charge in [-0.2, -0.15) is 13.2 Å². The number of carbonyl (C=O) groups is 2. The fourth-order valence-corrected chi connectivity index (χ4v) is 6.42. The van der Waals surface area contributed by atoms with E-state index in [9.17, 15) is 31.2 Å². The number of anilines is 1. The van der Waals surface area contributed by atoms with Gasteiger partial charge in [-0.1, -0.05) is 85.3 Å². The van der Waals surface area contributed by atoms with Crippen molar-refractivity contribution >= 4 is 39.1 Å². The summed E-state index contributed by atoms with van der Waals surface area (Å²) < 4.78 is 69.9. The third-order valence-corrected chi connectivity index (χ3v) is 9.65. The number of hydrogen-bond donors (Lipinski definition) is 1. The lowest BCUT2D eigenvalue weighted by Crippen LogP contribution is -2.54. The van der Waals surface area contributed by atoms with Gasteiger partial charge in [0, 0.05) is 24.0 Å². The second kappa shape index (κ2) is 15.5. The number of amides is 2. The van der Waals surface area contributed by atoms with Gasteiger partial charge >= 0.3 is 6.18 Å². The molecule has 0 fully saturated rings. The lowest BCUT2D eigenvalue weighted by molar-refractivity contribution is -0.140. The summed E-state index contributed by atoms with van der Waals surface area (Å²) in [6, 6.07) is 25.2. The summed E-state index contributed by atoms with van der Waals surface area (Å²) in [4.78, 5) is 29.3. The average molecular weight is 686 g/mol. The van der Waals surface area contributed by atoms with Crippen molar-refractivity contribution in [1.82, 2.24) is 10.2 Å². The molecule has 12 heteroatoms. The molecule has 0 aliphatic heterocycles. The molecule has 0 heterocycles. The maximum Gasteiger partial charge on any atom is 0.416 e. The molecule has 0 saturated heterocycles. The second-order valence-corrected chi connectivity index (χ2v) is 13.3. The van der Waals surface area contributed by atoms with E-state index >= 15 is 0 Å². The number of alkyl halides is 3. The van der Waals surface area contributed by atoms with Gasteiger partial charge in [0.15, 0.2) is 0 Å². The second-order valence-electron chi connectivity index (χ2n) is 11.0. The number of hydrogen-bond acceptors (Lipinski definition) is 4. The Morgan fingerprint density at radius 1 is 0.851 bits per heavy atom. The Balaban J connectivity index is 1.84. The van der Waals surface area contributed by atoms with Crippen LogP contribution < -0.4 is 9.62 Å². The summed E-state index contributed by atoms with van der Waals surface area (Å²) in [7, 11) is -4.55. The van der Waals surface area contributed by atoms with E-state index in [-0.39, 0.29) is 29.6 Å². The van der Waals surface area contributed by atoms with Crippen LogP contribution in [0.2, 0.25) is 5.02 Å². The van der Waals surface area contributed by atoms with Crippen LogP contribution in [0.1, 0.15) is 37.0 Å². The standard InChI is InChI=1S/C35H35ClF3N3O4S/c1-3-25(2)40-34(44)32(21-26-11-6-4-7-12-26)41(23-27-17-19-29(36)20-18-27)33(43)24-42(47(45,46)31-15-8-5-9-16-31)30-14-10-13-28(22-30)35(37,38)39/h4-20,22,25,32H,3,21,23-24H2,1-2H3,(H,40,44)/t25-,32-/m0/s1. The first-order valence-corrected chi connectivity index (χ1v) is 16.7. The van der Waals surface area contributed by atoms with E-state index in [2.05, 4.69) is 5.32 Å². The zero-order valence-corrected chi connectivity index (χ0v) is 27.4. The topological polar surface area (TPSA) is 86.8 Å². The zero-order valence-electron chi connectivity index (χ0n) is 25.8. The van der Waals surface area contributed by atoms with Crippen LogP contribution in [0.5, 0.6) is 0 Å². The maximum atomic E-state index is 14.4.